The van der Waals surface area contributed by atoms with Gasteiger partial charge < -0.3 is 5.73 Å². The number of nitrogens with zero attached hydrogens (tertiary/aromatic N) is 2. The minimum atomic E-state index is -4.81. The summed E-state index contributed by atoms with van der Waals surface area (Å²) in [5.41, 5.74) is 3.80. The average molecular weight is 383 g/mol. The number of nitrogens with two attached hydrogens (primary N) is 1. The molecule has 2 rings (SSSR count). The molecule has 136 valence electrons. The molecule has 2 aromatic rings. The van der Waals surface area contributed by atoms with Gasteiger partial charge in [-0.15, -0.1) is 0 Å². The van der Waals surface area contributed by atoms with Crippen LogP contribution in [0.1, 0.15) is 22.4 Å². The van der Waals surface area contributed by atoms with Gasteiger partial charge in [-0.1, -0.05) is 24.1 Å². The summed E-state index contributed by atoms with van der Waals surface area (Å²) in [6.45, 7) is 0. The van der Waals surface area contributed by atoms with E-state index in [1.807, 2.05) is 0 Å². The molecule has 1 amide bonds. The van der Waals surface area contributed by atoms with Gasteiger partial charge in [-0.3, -0.25) is 4.79 Å². The Morgan fingerprint density at radius 3 is 2.46 bits per heavy atom. The van der Waals surface area contributed by atoms with E-state index in [1.165, 1.54) is 6.07 Å². The van der Waals surface area contributed by atoms with Gasteiger partial charge in [-0.05, 0) is 17.6 Å². The van der Waals surface area contributed by atoms with Crippen LogP contribution in [0.15, 0.2) is 35.6 Å². The quantitative estimate of drug-likeness (QED) is 0.636. The highest BCUT2D eigenvalue weighted by molar-refractivity contribution is 7.90. The Kier molecular flexibility index (Phi) is 5.32. The molecule has 1 aromatic carbocycles. The standard InChI is InChI=1S/C16H12F3N3O3S/c1-26(24,25)15-21-9-12(16(17,18)19)13(22-15)7-6-10-4-2-3-5-11(10)8-14(20)23/h2-5,9H,8H2,1H3,(H2,20,23). The monoisotopic (exact) mass is 383 g/mol. The number of rotatable bonds is 3. The topological polar surface area (TPSA) is 103 Å². The first kappa shape index (κ1) is 19.4. The van der Waals surface area contributed by atoms with E-state index in [1.54, 1.807) is 18.2 Å². The SMILES string of the molecule is CS(=O)(=O)c1ncc(C(F)(F)F)c(C#Cc2ccccc2CC(N)=O)n1. The van der Waals surface area contributed by atoms with Crippen LogP contribution in [0.2, 0.25) is 0 Å². The molecule has 1 aromatic heterocycles. The number of carbonyl (C=O) groups is 1. The second-order valence-electron chi connectivity index (χ2n) is 5.24. The zero-order valence-electron chi connectivity index (χ0n) is 13.3. The predicted molar refractivity (Wildman–Crippen MR) is 85.5 cm³/mol. The highest BCUT2D eigenvalue weighted by atomic mass is 32.2. The van der Waals surface area contributed by atoms with Crippen LogP contribution >= 0.6 is 0 Å². The smallest absolute Gasteiger partial charge is 0.369 e. The highest BCUT2D eigenvalue weighted by Crippen LogP contribution is 2.30. The summed E-state index contributed by atoms with van der Waals surface area (Å²) in [5, 5.41) is -0.764. The van der Waals surface area contributed by atoms with Gasteiger partial charge in [0, 0.05) is 18.0 Å². The first-order chi connectivity index (χ1) is 12.0. The number of amides is 1. The Balaban J connectivity index is 2.60. The third-order valence-electron chi connectivity index (χ3n) is 3.10. The summed E-state index contributed by atoms with van der Waals surface area (Å²) in [6, 6.07) is 6.26. The van der Waals surface area contributed by atoms with Crippen LogP contribution in [-0.4, -0.2) is 30.5 Å². The van der Waals surface area contributed by atoms with Crippen LogP contribution < -0.4 is 5.73 Å². The fourth-order valence-corrected chi connectivity index (χ4v) is 2.46. The molecule has 0 radical (unpaired) electrons. The van der Waals surface area contributed by atoms with Gasteiger partial charge in [0.05, 0.1) is 6.42 Å². The van der Waals surface area contributed by atoms with Crippen molar-refractivity contribution in [2.75, 3.05) is 6.26 Å². The van der Waals surface area contributed by atoms with Gasteiger partial charge in [0.1, 0.15) is 11.3 Å². The Morgan fingerprint density at radius 1 is 1.23 bits per heavy atom. The molecule has 0 aliphatic heterocycles. The number of benzene rings is 1. The summed E-state index contributed by atoms with van der Waals surface area (Å²) in [7, 11) is -3.91. The van der Waals surface area contributed by atoms with Crippen LogP contribution in [-0.2, 0) is 27.2 Å². The number of primary amides is 1. The van der Waals surface area contributed by atoms with Gasteiger partial charge in [-0.2, -0.15) is 13.2 Å². The predicted octanol–water partition coefficient (Wildman–Crippen LogP) is 1.33. The largest absolute Gasteiger partial charge is 0.420 e. The summed E-state index contributed by atoms with van der Waals surface area (Å²) in [5.74, 6) is 4.08. The lowest BCUT2D eigenvalue weighted by Crippen LogP contribution is -2.14. The molecular formula is C16H12F3N3O3S. The van der Waals surface area contributed by atoms with Crippen LogP contribution in [0.4, 0.5) is 13.2 Å². The Labute approximate surface area is 147 Å². The summed E-state index contributed by atoms with van der Waals surface area (Å²) in [6.07, 6.45) is -3.81. The van der Waals surface area contributed by atoms with Gasteiger partial charge in [0.25, 0.3) is 0 Å². The van der Waals surface area contributed by atoms with Crippen molar-refractivity contribution in [3.8, 4) is 11.8 Å². The Morgan fingerprint density at radius 2 is 1.88 bits per heavy atom. The molecule has 0 saturated carbocycles. The molecule has 0 unspecified atom stereocenters. The summed E-state index contributed by atoms with van der Waals surface area (Å²) in [4.78, 5) is 17.7. The number of hydrogen-bond donors (Lipinski definition) is 1. The highest BCUT2D eigenvalue weighted by Gasteiger charge is 2.35. The van der Waals surface area contributed by atoms with Crippen molar-refractivity contribution in [2.45, 2.75) is 17.8 Å². The molecule has 26 heavy (non-hydrogen) atoms. The number of hydrogen-bond acceptors (Lipinski definition) is 5. The maximum absolute atomic E-state index is 13.1. The number of halogens is 3. The second kappa shape index (κ2) is 7.13. The third-order valence-corrected chi connectivity index (χ3v) is 3.96. The van der Waals surface area contributed by atoms with Gasteiger partial charge in [0.15, 0.2) is 0 Å². The maximum atomic E-state index is 13.1. The number of alkyl halides is 3. The van der Waals surface area contributed by atoms with E-state index >= 15 is 0 Å². The first-order valence-electron chi connectivity index (χ1n) is 7.01. The fraction of sp³-hybridized carbons (Fsp3) is 0.188. The van der Waals surface area contributed by atoms with E-state index in [0.29, 0.717) is 11.8 Å². The maximum Gasteiger partial charge on any atom is 0.420 e. The first-order valence-corrected chi connectivity index (χ1v) is 8.90. The third kappa shape index (κ3) is 4.80. The minimum Gasteiger partial charge on any atom is -0.369 e. The molecular weight excluding hydrogens is 371 g/mol. The lowest BCUT2D eigenvalue weighted by molar-refractivity contribution is -0.138. The van der Waals surface area contributed by atoms with Crippen molar-refractivity contribution < 1.29 is 26.4 Å². The Hall–Kier alpha value is -2.93. The molecule has 0 atom stereocenters. The zero-order chi connectivity index (χ0) is 19.5. The van der Waals surface area contributed by atoms with E-state index in [-0.39, 0.29) is 12.0 Å². The minimum absolute atomic E-state index is 0.144. The fourth-order valence-electron chi connectivity index (χ4n) is 1.96. The lowest BCUT2D eigenvalue weighted by atomic mass is 10.0. The number of sulfone groups is 1. The van der Waals surface area contributed by atoms with Crippen molar-refractivity contribution in [3.63, 3.8) is 0 Å². The number of aromatic nitrogens is 2. The average Bonchev–Trinajstić information content (AvgIpc) is 2.51. The van der Waals surface area contributed by atoms with Crippen molar-refractivity contribution >= 4 is 15.7 Å². The number of carbonyl (C=O) groups excluding carboxylic acids is 1. The van der Waals surface area contributed by atoms with E-state index in [9.17, 15) is 26.4 Å². The van der Waals surface area contributed by atoms with E-state index in [4.69, 9.17) is 5.73 Å². The molecule has 0 saturated heterocycles. The van der Waals surface area contributed by atoms with Crippen LogP contribution in [0.3, 0.4) is 0 Å². The normalized spacial score (nSPS) is 11.5. The van der Waals surface area contributed by atoms with Crippen molar-refractivity contribution in [1.29, 1.82) is 0 Å². The van der Waals surface area contributed by atoms with Crippen molar-refractivity contribution in [3.05, 3.63) is 52.8 Å². The molecule has 0 spiro atoms. The van der Waals surface area contributed by atoms with E-state index in [0.717, 1.165) is 6.26 Å². The van der Waals surface area contributed by atoms with Crippen LogP contribution in [0, 0.1) is 11.8 Å². The molecule has 10 heteroatoms. The second-order valence-corrected chi connectivity index (χ2v) is 7.14. The van der Waals surface area contributed by atoms with Crippen LogP contribution in [0.5, 0.6) is 0 Å². The molecule has 0 fully saturated rings. The summed E-state index contributed by atoms with van der Waals surface area (Å²) >= 11 is 0. The molecule has 1 heterocycles. The molecule has 6 nitrogen and oxygen atoms in total. The zero-order valence-corrected chi connectivity index (χ0v) is 14.1. The van der Waals surface area contributed by atoms with Gasteiger partial charge in [-0.25, -0.2) is 18.4 Å². The van der Waals surface area contributed by atoms with E-state index < -0.39 is 38.3 Å². The molecule has 0 aliphatic carbocycles. The van der Waals surface area contributed by atoms with Gasteiger partial charge in [0.2, 0.25) is 20.9 Å². The van der Waals surface area contributed by atoms with Crippen molar-refractivity contribution in [2.24, 2.45) is 5.73 Å². The van der Waals surface area contributed by atoms with Crippen LogP contribution in [0.25, 0.3) is 0 Å². The molecule has 0 bridgehead atoms. The van der Waals surface area contributed by atoms with E-state index in [2.05, 4.69) is 21.8 Å². The summed E-state index contributed by atoms with van der Waals surface area (Å²) < 4.78 is 62.3. The Bertz CT molecular complexity index is 1020. The molecule has 0 aliphatic rings. The lowest BCUT2D eigenvalue weighted by Gasteiger charge is -2.08. The van der Waals surface area contributed by atoms with Gasteiger partial charge >= 0.3 is 6.18 Å². The molecule has 2 N–H and O–H groups in total. The van der Waals surface area contributed by atoms with Crippen molar-refractivity contribution in [1.82, 2.24) is 9.97 Å².